The molecule has 0 heterocycles. The lowest BCUT2D eigenvalue weighted by atomic mass is 9.94. The summed E-state index contributed by atoms with van der Waals surface area (Å²) in [6, 6.07) is 9.45. The average Bonchev–Trinajstić information content (AvgIpc) is 3.45. The van der Waals surface area contributed by atoms with Gasteiger partial charge in [0.1, 0.15) is 5.82 Å². The van der Waals surface area contributed by atoms with Gasteiger partial charge in [-0.05, 0) is 66.1 Å². The van der Waals surface area contributed by atoms with Crippen LogP contribution in [0.1, 0.15) is 34.3 Å². The highest BCUT2D eigenvalue weighted by Gasteiger charge is 2.42. The number of aliphatic hydroxyl groups is 1. The number of carbonyl (C=O) groups is 2. The highest BCUT2D eigenvalue weighted by molar-refractivity contribution is 9.10. The van der Waals surface area contributed by atoms with Gasteiger partial charge in [-0.25, -0.2) is 9.18 Å². The van der Waals surface area contributed by atoms with Gasteiger partial charge in [0.05, 0.1) is 19.1 Å². The molecule has 0 atom stereocenters. The van der Waals surface area contributed by atoms with Gasteiger partial charge >= 0.3 is 5.97 Å². The maximum atomic E-state index is 14.0. The monoisotopic (exact) mass is 449 g/mol. The number of rotatable bonds is 7. The van der Waals surface area contributed by atoms with Gasteiger partial charge in [-0.15, -0.1) is 0 Å². The minimum absolute atomic E-state index is 0.0486. The van der Waals surface area contributed by atoms with Crippen molar-refractivity contribution in [1.29, 1.82) is 0 Å². The van der Waals surface area contributed by atoms with Crippen molar-refractivity contribution in [3.05, 3.63) is 63.4 Å². The SMILES string of the molecule is COC(=O)c1ccc(NC(=O)Cc2ccc(Br)cc2F)c(CC2(CO)CC2)c1. The first-order chi connectivity index (χ1) is 13.4. The maximum absolute atomic E-state index is 14.0. The van der Waals surface area contributed by atoms with Gasteiger partial charge in [0.15, 0.2) is 0 Å². The fourth-order valence-corrected chi connectivity index (χ4v) is 3.44. The summed E-state index contributed by atoms with van der Waals surface area (Å²) in [4.78, 5) is 24.3. The van der Waals surface area contributed by atoms with E-state index in [1.54, 1.807) is 30.3 Å². The van der Waals surface area contributed by atoms with E-state index in [1.165, 1.54) is 13.2 Å². The predicted molar refractivity (Wildman–Crippen MR) is 107 cm³/mol. The number of aliphatic hydroxyl groups excluding tert-OH is 1. The Bertz CT molecular complexity index is 911. The number of benzene rings is 2. The van der Waals surface area contributed by atoms with E-state index in [0.29, 0.717) is 27.7 Å². The van der Waals surface area contributed by atoms with Crippen molar-refractivity contribution in [2.45, 2.75) is 25.7 Å². The topological polar surface area (TPSA) is 75.6 Å². The Morgan fingerprint density at radius 2 is 1.96 bits per heavy atom. The van der Waals surface area contributed by atoms with Crippen LogP contribution in [-0.2, 0) is 22.4 Å². The predicted octanol–water partition coefficient (Wildman–Crippen LogP) is 3.87. The first kappa shape index (κ1) is 20.5. The second-order valence-electron chi connectivity index (χ2n) is 7.16. The number of amides is 1. The van der Waals surface area contributed by atoms with E-state index in [4.69, 9.17) is 4.74 Å². The Hall–Kier alpha value is -2.25. The van der Waals surface area contributed by atoms with Crippen LogP contribution in [0, 0.1) is 11.2 Å². The van der Waals surface area contributed by atoms with Gasteiger partial charge in [0, 0.05) is 16.8 Å². The first-order valence-corrected chi connectivity index (χ1v) is 9.71. The van der Waals surface area contributed by atoms with E-state index in [-0.39, 0.29) is 24.3 Å². The highest BCUT2D eigenvalue weighted by atomic mass is 79.9. The van der Waals surface area contributed by atoms with Crippen LogP contribution in [0.4, 0.5) is 10.1 Å². The molecular weight excluding hydrogens is 429 g/mol. The van der Waals surface area contributed by atoms with E-state index in [9.17, 15) is 19.1 Å². The molecule has 5 nitrogen and oxygen atoms in total. The molecular formula is C21H21BrFNO4. The maximum Gasteiger partial charge on any atom is 0.337 e. The molecule has 1 aliphatic rings. The van der Waals surface area contributed by atoms with Crippen molar-refractivity contribution in [2.24, 2.45) is 5.41 Å². The van der Waals surface area contributed by atoms with E-state index in [1.807, 2.05) is 0 Å². The third-order valence-electron chi connectivity index (χ3n) is 5.02. The Morgan fingerprint density at radius 1 is 1.21 bits per heavy atom. The molecule has 2 N–H and O–H groups in total. The van der Waals surface area contributed by atoms with Crippen LogP contribution >= 0.6 is 15.9 Å². The number of halogens is 2. The lowest BCUT2D eigenvalue weighted by molar-refractivity contribution is -0.115. The smallest absolute Gasteiger partial charge is 0.337 e. The molecule has 2 aromatic rings. The molecule has 0 bridgehead atoms. The lowest BCUT2D eigenvalue weighted by Gasteiger charge is -2.17. The van der Waals surface area contributed by atoms with E-state index < -0.39 is 11.8 Å². The average molecular weight is 450 g/mol. The van der Waals surface area contributed by atoms with Gasteiger partial charge in [0.2, 0.25) is 5.91 Å². The number of hydrogen-bond donors (Lipinski definition) is 2. The zero-order chi connectivity index (χ0) is 20.3. The molecule has 0 unspecified atom stereocenters. The minimum Gasteiger partial charge on any atom is -0.465 e. The largest absolute Gasteiger partial charge is 0.465 e. The fourth-order valence-electron chi connectivity index (χ4n) is 3.11. The lowest BCUT2D eigenvalue weighted by Crippen LogP contribution is -2.19. The van der Waals surface area contributed by atoms with Crippen LogP contribution in [0.5, 0.6) is 0 Å². The van der Waals surface area contributed by atoms with Crippen LogP contribution < -0.4 is 5.32 Å². The molecule has 148 valence electrons. The molecule has 3 rings (SSSR count). The molecule has 7 heteroatoms. The molecule has 28 heavy (non-hydrogen) atoms. The second kappa shape index (κ2) is 8.41. The van der Waals surface area contributed by atoms with Gasteiger partial charge in [-0.3, -0.25) is 4.79 Å². The molecule has 1 saturated carbocycles. The normalized spacial score (nSPS) is 14.4. The third-order valence-corrected chi connectivity index (χ3v) is 5.52. The summed E-state index contributed by atoms with van der Waals surface area (Å²) in [6.07, 6.45) is 2.21. The number of anilines is 1. The van der Waals surface area contributed by atoms with E-state index in [2.05, 4.69) is 21.2 Å². The molecule has 0 aromatic heterocycles. The zero-order valence-electron chi connectivity index (χ0n) is 15.4. The Labute approximate surface area is 171 Å². The summed E-state index contributed by atoms with van der Waals surface area (Å²) in [5.74, 6) is -1.28. The molecule has 1 amide bonds. The number of methoxy groups -OCH3 is 1. The van der Waals surface area contributed by atoms with Gasteiger partial charge in [0.25, 0.3) is 0 Å². The van der Waals surface area contributed by atoms with Crippen molar-refractivity contribution >= 4 is 33.5 Å². The van der Waals surface area contributed by atoms with Gasteiger partial charge < -0.3 is 15.2 Å². The second-order valence-corrected chi connectivity index (χ2v) is 8.07. The summed E-state index contributed by atoms with van der Waals surface area (Å²) >= 11 is 3.19. The van der Waals surface area contributed by atoms with Crippen LogP contribution in [0.2, 0.25) is 0 Å². The Kier molecular flexibility index (Phi) is 6.15. The summed E-state index contributed by atoms with van der Waals surface area (Å²) in [5.41, 5.74) is 1.77. The minimum atomic E-state index is -0.468. The standard InChI is InChI=1S/C21H21BrFNO4/c1-28-20(27)14-3-5-18(15(8-14)11-21(12-25)6-7-21)24-19(26)9-13-2-4-16(22)10-17(13)23/h2-5,8,10,25H,6-7,9,11-12H2,1H3,(H,24,26). The molecule has 0 saturated heterocycles. The molecule has 1 aliphatic carbocycles. The Balaban J connectivity index is 1.81. The molecule has 2 aromatic carbocycles. The van der Waals surface area contributed by atoms with Crippen LogP contribution in [0.15, 0.2) is 40.9 Å². The number of hydrogen-bond acceptors (Lipinski definition) is 4. The molecule has 0 spiro atoms. The summed E-state index contributed by atoms with van der Waals surface area (Å²) in [5, 5.41) is 12.4. The van der Waals surface area contributed by atoms with Crippen molar-refractivity contribution in [2.75, 3.05) is 19.0 Å². The Morgan fingerprint density at radius 3 is 2.57 bits per heavy atom. The van der Waals surface area contributed by atoms with Crippen molar-refractivity contribution in [1.82, 2.24) is 0 Å². The number of esters is 1. The summed E-state index contributed by atoms with van der Waals surface area (Å²) in [6.45, 7) is 0.0486. The molecule has 1 fully saturated rings. The number of carbonyl (C=O) groups excluding carboxylic acids is 2. The summed E-state index contributed by atoms with van der Waals surface area (Å²) < 4.78 is 19.4. The van der Waals surface area contributed by atoms with Gasteiger partial charge in [-0.1, -0.05) is 22.0 Å². The number of nitrogens with one attached hydrogen (secondary N) is 1. The van der Waals surface area contributed by atoms with Crippen molar-refractivity contribution in [3.63, 3.8) is 0 Å². The quantitative estimate of drug-likeness (QED) is 0.629. The third kappa shape index (κ3) is 4.77. The summed E-state index contributed by atoms with van der Waals surface area (Å²) in [7, 11) is 1.31. The van der Waals surface area contributed by atoms with Crippen molar-refractivity contribution < 1.29 is 23.8 Å². The molecule has 0 radical (unpaired) electrons. The highest BCUT2D eigenvalue weighted by Crippen LogP contribution is 2.48. The first-order valence-electron chi connectivity index (χ1n) is 8.92. The van der Waals surface area contributed by atoms with Crippen LogP contribution in [0.3, 0.4) is 0 Å². The zero-order valence-corrected chi connectivity index (χ0v) is 17.0. The van der Waals surface area contributed by atoms with Crippen LogP contribution in [-0.4, -0.2) is 30.7 Å². The van der Waals surface area contributed by atoms with Gasteiger partial charge in [-0.2, -0.15) is 0 Å². The van der Waals surface area contributed by atoms with E-state index in [0.717, 1.165) is 18.4 Å². The van der Waals surface area contributed by atoms with Crippen molar-refractivity contribution in [3.8, 4) is 0 Å². The van der Waals surface area contributed by atoms with Crippen LogP contribution in [0.25, 0.3) is 0 Å². The fraction of sp³-hybridized carbons (Fsp3) is 0.333. The number of ether oxygens (including phenoxy) is 1. The molecule has 0 aliphatic heterocycles. The van der Waals surface area contributed by atoms with E-state index >= 15 is 0 Å².